The van der Waals surface area contributed by atoms with Gasteiger partial charge < -0.3 is 25.0 Å². The lowest BCUT2D eigenvalue weighted by atomic mass is 10.2. The Hall–Kier alpha value is -2.54. The van der Waals surface area contributed by atoms with Crippen LogP contribution in [0.25, 0.3) is 0 Å². The van der Waals surface area contributed by atoms with Crippen molar-refractivity contribution in [2.45, 2.75) is 13.0 Å². The number of ether oxygens (including phenoxy) is 2. The molecule has 24 heavy (non-hydrogen) atoms. The van der Waals surface area contributed by atoms with Gasteiger partial charge in [-0.05, 0) is 44.8 Å². The van der Waals surface area contributed by atoms with Crippen molar-refractivity contribution in [3.05, 3.63) is 36.2 Å². The lowest BCUT2D eigenvalue weighted by Crippen LogP contribution is -2.16. The van der Waals surface area contributed by atoms with E-state index in [9.17, 15) is 0 Å². The molecule has 7 heteroatoms. The van der Waals surface area contributed by atoms with Gasteiger partial charge in [-0.25, -0.2) is 9.97 Å². The van der Waals surface area contributed by atoms with Crippen molar-refractivity contribution < 1.29 is 9.47 Å². The molecule has 1 aliphatic heterocycles. The summed E-state index contributed by atoms with van der Waals surface area (Å²) >= 11 is 0. The first-order valence-corrected chi connectivity index (χ1v) is 8.04. The molecule has 0 unspecified atom stereocenters. The Morgan fingerprint density at radius 1 is 1.04 bits per heavy atom. The normalized spacial score (nSPS) is 12.5. The summed E-state index contributed by atoms with van der Waals surface area (Å²) in [6, 6.07) is 7.85. The number of hydrogen-bond acceptors (Lipinski definition) is 7. The Morgan fingerprint density at radius 2 is 1.83 bits per heavy atom. The van der Waals surface area contributed by atoms with Crippen molar-refractivity contribution in [2.24, 2.45) is 0 Å². The van der Waals surface area contributed by atoms with Gasteiger partial charge in [-0.15, -0.1) is 0 Å². The highest BCUT2D eigenvalue weighted by atomic mass is 16.7. The van der Waals surface area contributed by atoms with Crippen LogP contribution in [-0.2, 0) is 6.54 Å². The Kier molecular flexibility index (Phi) is 5.32. The maximum Gasteiger partial charge on any atom is 0.231 e. The van der Waals surface area contributed by atoms with Crippen LogP contribution in [-0.4, -0.2) is 48.8 Å². The molecular weight excluding hydrogens is 306 g/mol. The molecule has 0 atom stereocenters. The Balaban J connectivity index is 1.51. The molecule has 1 aliphatic rings. The van der Waals surface area contributed by atoms with Crippen molar-refractivity contribution >= 4 is 11.6 Å². The molecule has 0 bridgehead atoms. The van der Waals surface area contributed by atoms with Crippen molar-refractivity contribution in [3.8, 4) is 11.5 Å². The Labute approximate surface area is 142 Å². The molecule has 0 fully saturated rings. The molecule has 1 aromatic heterocycles. The second-order valence-electron chi connectivity index (χ2n) is 5.91. The first-order chi connectivity index (χ1) is 11.7. The second kappa shape index (κ2) is 7.83. The van der Waals surface area contributed by atoms with Crippen LogP contribution in [0.4, 0.5) is 11.6 Å². The molecule has 128 valence electrons. The van der Waals surface area contributed by atoms with E-state index in [0.717, 1.165) is 48.2 Å². The van der Waals surface area contributed by atoms with Crippen molar-refractivity contribution in [1.82, 2.24) is 14.9 Å². The molecule has 0 amide bonds. The molecule has 0 saturated carbocycles. The van der Waals surface area contributed by atoms with Crippen molar-refractivity contribution in [1.29, 1.82) is 0 Å². The molecule has 2 heterocycles. The number of hydrogen-bond donors (Lipinski definition) is 2. The van der Waals surface area contributed by atoms with Gasteiger partial charge in [-0.2, -0.15) is 0 Å². The van der Waals surface area contributed by atoms with Crippen LogP contribution in [0.1, 0.15) is 12.0 Å². The predicted octanol–water partition coefficient (Wildman–Crippen LogP) is 2.18. The van der Waals surface area contributed by atoms with E-state index >= 15 is 0 Å². The summed E-state index contributed by atoms with van der Waals surface area (Å²) in [7, 11) is 4.14. The van der Waals surface area contributed by atoms with Gasteiger partial charge in [0.15, 0.2) is 11.5 Å². The lowest BCUT2D eigenvalue weighted by Gasteiger charge is -2.11. The number of benzene rings is 1. The van der Waals surface area contributed by atoms with E-state index in [0.29, 0.717) is 13.3 Å². The van der Waals surface area contributed by atoms with Gasteiger partial charge in [0.05, 0.1) is 0 Å². The number of anilines is 2. The van der Waals surface area contributed by atoms with E-state index in [1.54, 1.807) is 6.33 Å². The zero-order chi connectivity index (χ0) is 16.8. The minimum absolute atomic E-state index is 0.293. The smallest absolute Gasteiger partial charge is 0.231 e. The van der Waals surface area contributed by atoms with Crippen LogP contribution in [0, 0.1) is 0 Å². The summed E-state index contributed by atoms with van der Waals surface area (Å²) in [6.45, 7) is 2.89. The van der Waals surface area contributed by atoms with Gasteiger partial charge in [0.1, 0.15) is 18.0 Å². The fourth-order valence-corrected chi connectivity index (χ4v) is 2.41. The highest BCUT2D eigenvalue weighted by molar-refractivity contribution is 5.48. The lowest BCUT2D eigenvalue weighted by molar-refractivity contribution is 0.174. The molecule has 3 rings (SSSR count). The third-order valence-electron chi connectivity index (χ3n) is 3.67. The molecule has 7 nitrogen and oxygen atoms in total. The van der Waals surface area contributed by atoms with Crippen LogP contribution < -0.4 is 20.1 Å². The van der Waals surface area contributed by atoms with E-state index < -0.39 is 0 Å². The first-order valence-electron chi connectivity index (χ1n) is 8.04. The minimum atomic E-state index is 0.293. The van der Waals surface area contributed by atoms with E-state index in [4.69, 9.17) is 9.47 Å². The highest BCUT2D eigenvalue weighted by Gasteiger charge is 2.13. The summed E-state index contributed by atoms with van der Waals surface area (Å²) in [5, 5.41) is 6.62. The van der Waals surface area contributed by atoms with E-state index in [2.05, 4.69) is 39.6 Å². The fraction of sp³-hybridized carbons (Fsp3) is 0.412. The van der Waals surface area contributed by atoms with Crippen molar-refractivity contribution in [3.63, 3.8) is 0 Å². The number of aromatic nitrogens is 2. The number of nitrogens with zero attached hydrogens (tertiary/aromatic N) is 3. The SMILES string of the molecule is CN(C)CCCNc1cc(NCc2ccc3c(c2)OCO3)ncn1. The molecule has 2 N–H and O–H groups in total. The first kappa shape index (κ1) is 16.3. The molecule has 0 spiro atoms. The van der Waals surface area contributed by atoms with Crippen LogP contribution in [0.5, 0.6) is 11.5 Å². The summed E-state index contributed by atoms with van der Waals surface area (Å²) in [4.78, 5) is 10.7. The topological polar surface area (TPSA) is 71.5 Å². The average molecular weight is 329 g/mol. The van der Waals surface area contributed by atoms with Crippen LogP contribution in [0.2, 0.25) is 0 Å². The van der Waals surface area contributed by atoms with Gasteiger partial charge in [0.25, 0.3) is 0 Å². The monoisotopic (exact) mass is 329 g/mol. The maximum absolute atomic E-state index is 5.39. The maximum atomic E-state index is 5.39. The molecule has 0 radical (unpaired) electrons. The minimum Gasteiger partial charge on any atom is -0.454 e. The molecule has 1 aromatic carbocycles. The quantitative estimate of drug-likeness (QED) is 0.719. The van der Waals surface area contributed by atoms with Crippen LogP contribution in [0.15, 0.2) is 30.6 Å². The molecule has 2 aromatic rings. The average Bonchev–Trinajstić information content (AvgIpc) is 3.05. The number of rotatable bonds is 8. The summed E-state index contributed by atoms with van der Waals surface area (Å²) < 4.78 is 10.7. The summed E-state index contributed by atoms with van der Waals surface area (Å²) in [5.74, 6) is 3.21. The Bertz CT molecular complexity index is 678. The predicted molar refractivity (Wildman–Crippen MR) is 93.6 cm³/mol. The van der Waals surface area contributed by atoms with Gasteiger partial charge in [0, 0.05) is 19.2 Å². The molecular formula is C17H23N5O2. The largest absolute Gasteiger partial charge is 0.454 e. The van der Waals surface area contributed by atoms with Crippen LogP contribution in [0.3, 0.4) is 0 Å². The van der Waals surface area contributed by atoms with Gasteiger partial charge in [-0.1, -0.05) is 6.07 Å². The van der Waals surface area contributed by atoms with E-state index in [1.165, 1.54) is 0 Å². The zero-order valence-electron chi connectivity index (χ0n) is 14.1. The van der Waals surface area contributed by atoms with E-state index in [-0.39, 0.29) is 0 Å². The van der Waals surface area contributed by atoms with Gasteiger partial charge >= 0.3 is 0 Å². The third-order valence-corrected chi connectivity index (χ3v) is 3.67. The van der Waals surface area contributed by atoms with Gasteiger partial charge in [0.2, 0.25) is 6.79 Å². The number of nitrogens with one attached hydrogen (secondary N) is 2. The third kappa shape index (κ3) is 4.48. The fourth-order valence-electron chi connectivity index (χ4n) is 2.41. The molecule has 0 saturated heterocycles. The van der Waals surface area contributed by atoms with Crippen LogP contribution >= 0.6 is 0 Å². The molecule has 0 aliphatic carbocycles. The summed E-state index contributed by atoms with van der Waals surface area (Å²) in [6.07, 6.45) is 2.63. The second-order valence-corrected chi connectivity index (χ2v) is 5.91. The van der Waals surface area contributed by atoms with Crippen molar-refractivity contribution in [2.75, 3.05) is 44.6 Å². The highest BCUT2D eigenvalue weighted by Crippen LogP contribution is 2.32. The van der Waals surface area contributed by atoms with E-state index in [1.807, 2.05) is 24.3 Å². The van der Waals surface area contributed by atoms with Gasteiger partial charge in [-0.3, -0.25) is 0 Å². The standard InChI is InChI=1S/C17H23N5O2/c1-22(2)7-3-6-18-16-9-17(21-11-20-16)19-10-13-4-5-14-15(8-13)24-12-23-14/h4-5,8-9,11H,3,6-7,10,12H2,1-2H3,(H2,18,19,20,21). The summed E-state index contributed by atoms with van der Waals surface area (Å²) in [5.41, 5.74) is 1.11. The zero-order valence-corrected chi connectivity index (χ0v) is 14.1. The Morgan fingerprint density at radius 3 is 2.67 bits per heavy atom. The number of fused-ring (bicyclic) bond motifs is 1.